The second-order valence-electron chi connectivity index (χ2n) is 4.16. The van der Waals surface area contributed by atoms with Crippen molar-refractivity contribution in [2.75, 3.05) is 19.8 Å². The highest BCUT2D eigenvalue weighted by Crippen LogP contribution is 2.02. The first-order valence-electron chi connectivity index (χ1n) is 6.28. The lowest BCUT2D eigenvalue weighted by molar-refractivity contribution is -0.145. The van der Waals surface area contributed by atoms with Gasteiger partial charge in [-0.25, -0.2) is 0 Å². The SMILES string of the molecule is O=C(CCCOCC(O)CO)OCc1ccccc1. The Morgan fingerprint density at radius 1 is 1.26 bits per heavy atom. The zero-order valence-electron chi connectivity index (χ0n) is 10.8. The summed E-state index contributed by atoms with van der Waals surface area (Å²) < 4.78 is 10.2. The van der Waals surface area contributed by atoms with E-state index >= 15 is 0 Å². The molecule has 2 N–H and O–H groups in total. The minimum atomic E-state index is -0.856. The third kappa shape index (κ3) is 7.56. The zero-order valence-corrected chi connectivity index (χ0v) is 10.8. The molecule has 0 aliphatic carbocycles. The van der Waals surface area contributed by atoms with Gasteiger partial charge in [0.15, 0.2) is 0 Å². The number of aliphatic hydroxyl groups is 2. The molecule has 0 radical (unpaired) electrons. The van der Waals surface area contributed by atoms with Crippen molar-refractivity contribution in [3.63, 3.8) is 0 Å². The molecule has 0 saturated heterocycles. The van der Waals surface area contributed by atoms with Crippen LogP contribution in [-0.4, -0.2) is 42.1 Å². The largest absolute Gasteiger partial charge is 0.461 e. The highest BCUT2D eigenvalue weighted by molar-refractivity contribution is 5.69. The lowest BCUT2D eigenvalue weighted by Gasteiger charge is -2.08. The molecule has 19 heavy (non-hydrogen) atoms. The summed E-state index contributed by atoms with van der Waals surface area (Å²) in [5.74, 6) is -0.268. The summed E-state index contributed by atoms with van der Waals surface area (Å²) in [6.45, 7) is 0.399. The van der Waals surface area contributed by atoms with E-state index in [2.05, 4.69) is 0 Å². The van der Waals surface area contributed by atoms with E-state index in [4.69, 9.17) is 19.7 Å². The molecule has 0 spiro atoms. The molecular weight excluding hydrogens is 248 g/mol. The molecule has 5 heteroatoms. The lowest BCUT2D eigenvalue weighted by Crippen LogP contribution is -2.19. The number of hydrogen-bond donors (Lipinski definition) is 2. The van der Waals surface area contributed by atoms with E-state index in [1.807, 2.05) is 30.3 Å². The van der Waals surface area contributed by atoms with Crippen LogP contribution in [-0.2, 0) is 20.9 Å². The smallest absolute Gasteiger partial charge is 0.306 e. The Morgan fingerprint density at radius 3 is 2.68 bits per heavy atom. The Bertz CT molecular complexity index is 352. The predicted molar refractivity (Wildman–Crippen MR) is 69.4 cm³/mol. The van der Waals surface area contributed by atoms with Gasteiger partial charge in [0.25, 0.3) is 0 Å². The van der Waals surface area contributed by atoms with Crippen molar-refractivity contribution in [3.05, 3.63) is 35.9 Å². The molecule has 0 aliphatic rings. The molecule has 0 amide bonds. The van der Waals surface area contributed by atoms with Gasteiger partial charge in [0.2, 0.25) is 0 Å². The van der Waals surface area contributed by atoms with Gasteiger partial charge in [0, 0.05) is 13.0 Å². The zero-order chi connectivity index (χ0) is 13.9. The van der Waals surface area contributed by atoms with Crippen LogP contribution >= 0.6 is 0 Å². The predicted octanol–water partition coefficient (Wildman–Crippen LogP) is 0.880. The molecule has 0 fully saturated rings. The molecule has 1 aromatic carbocycles. The third-order valence-electron chi connectivity index (χ3n) is 2.43. The van der Waals surface area contributed by atoms with Gasteiger partial charge in [-0.15, -0.1) is 0 Å². The van der Waals surface area contributed by atoms with Crippen LogP contribution in [0.3, 0.4) is 0 Å². The molecule has 1 atom stereocenters. The van der Waals surface area contributed by atoms with Crippen LogP contribution in [0.25, 0.3) is 0 Å². The minimum Gasteiger partial charge on any atom is -0.461 e. The summed E-state index contributed by atoms with van der Waals surface area (Å²) in [7, 11) is 0. The second kappa shape index (κ2) is 9.49. The standard InChI is InChI=1S/C14H20O5/c15-9-13(16)11-18-8-4-7-14(17)19-10-12-5-2-1-3-6-12/h1-3,5-6,13,15-16H,4,7-11H2. The molecule has 5 nitrogen and oxygen atoms in total. The minimum absolute atomic E-state index is 0.0789. The van der Waals surface area contributed by atoms with Gasteiger partial charge >= 0.3 is 5.97 Å². The van der Waals surface area contributed by atoms with Crippen molar-refractivity contribution in [3.8, 4) is 0 Å². The van der Waals surface area contributed by atoms with E-state index in [-0.39, 0.29) is 32.2 Å². The van der Waals surface area contributed by atoms with Gasteiger partial charge in [0.05, 0.1) is 13.2 Å². The maximum atomic E-state index is 11.4. The Hall–Kier alpha value is -1.43. The number of carbonyl (C=O) groups excluding carboxylic acids is 1. The van der Waals surface area contributed by atoms with Gasteiger partial charge in [-0.1, -0.05) is 30.3 Å². The van der Waals surface area contributed by atoms with Gasteiger partial charge in [-0.05, 0) is 12.0 Å². The fraction of sp³-hybridized carbons (Fsp3) is 0.500. The van der Waals surface area contributed by atoms with Gasteiger partial charge in [-0.2, -0.15) is 0 Å². The van der Waals surface area contributed by atoms with Crippen LogP contribution in [0.2, 0.25) is 0 Å². The Morgan fingerprint density at radius 2 is 2.00 bits per heavy atom. The molecule has 0 aromatic heterocycles. The van der Waals surface area contributed by atoms with Crippen molar-refractivity contribution in [1.29, 1.82) is 0 Å². The van der Waals surface area contributed by atoms with Gasteiger partial charge in [-0.3, -0.25) is 4.79 Å². The van der Waals surface area contributed by atoms with Crippen LogP contribution in [0.15, 0.2) is 30.3 Å². The van der Waals surface area contributed by atoms with E-state index < -0.39 is 6.10 Å². The van der Waals surface area contributed by atoms with E-state index in [9.17, 15) is 4.79 Å². The second-order valence-corrected chi connectivity index (χ2v) is 4.16. The van der Waals surface area contributed by atoms with E-state index in [0.717, 1.165) is 5.56 Å². The number of esters is 1. The third-order valence-corrected chi connectivity index (χ3v) is 2.43. The maximum Gasteiger partial charge on any atom is 0.306 e. The van der Waals surface area contributed by atoms with Crippen molar-refractivity contribution >= 4 is 5.97 Å². The molecule has 1 rings (SSSR count). The number of rotatable bonds is 9. The van der Waals surface area contributed by atoms with Gasteiger partial charge in [0.1, 0.15) is 12.7 Å². The monoisotopic (exact) mass is 268 g/mol. The van der Waals surface area contributed by atoms with E-state index in [1.165, 1.54) is 0 Å². The first-order chi connectivity index (χ1) is 9.22. The first kappa shape index (κ1) is 15.6. The average molecular weight is 268 g/mol. The normalized spacial score (nSPS) is 12.1. The van der Waals surface area contributed by atoms with Crippen LogP contribution in [0.4, 0.5) is 0 Å². The highest BCUT2D eigenvalue weighted by atomic mass is 16.5. The molecule has 0 saturated carbocycles. The van der Waals surface area contributed by atoms with Gasteiger partial charge < -0.3 is 19.7 Å². The summed E-state index contributed by atoms with van der Waals surface area (Å²) in [5, 5.41) is 17.6. The number of benzene rings is 1. The maximum absolute atomic E-state index is 11.4. The Balaban J connectivity index is 2.02. The molecule has 0 heterocycles. The Kier molecular flexibility index (Phi) is 7.81. The number of ether oxygens (including phenoxy) is 2. The summed E-state index contributed by atoms with van der Waals surface area (Å²) in [4.78, 5) is 11.4. The van der Waals surface area contributed by atoms with Crippen molar-refractivity contribution < 1.29 is 24.5 Å². The van der Waals surface area contributed by atoms with Crippen molar-refractivity contribution in [2.45, 2.75) is 25.6 Å². The van der Waals surface area contributed by atoms with Crippen molar-refractivity contribution in [1.82, 2.24) is 0 Å². The summed E-state index contributed by atoms with van der Waals surface area (Å²) in [5.41, 5.74) is 0.957. The average Bonchev–Trinajstić information content (AvgIpc) is 2.45. The molecule has 106 valence electrons. The fourth-order valence-corrected chi connectivity index (χ4v) is 1.40. The summed E-state index contributed by atoms with van der Waals surface area (Å²) in [6, 6.07) is 9.48. The highest BCUT2D eigenvalue weighted by Gasteiger charge is 2.05. The van der Waals surface area contributed by atoms with Crippen LogP contribution < -0.4 is 0 Å². The van der Waals surface area contributed by atoms with E-state index in [1.54, 1.807) is 0 Å². The molecule has 1 aromatic rings. The summed E-state index contributed by atoms with van der Waals surface area (Å²) in [6.07, 6.45) is -0.0431. The first-order valence-corrected chi connectivity index (χ1v) is 6.28. The fourth-order valence-electron chi connectivity index (χ4n) is 1.40. The molecule has 0 bridgehead atoms. The van der Waals surface area contributed by atoms with Crippen LogP contribution in [0.1, 0.15) is 18.4 Å². The number of aliphatic hydroxyl groups excluding tert-OH is 2. The van der Waals surface area contributed by atoms with Crippen LogP contribution in [0.5, 0.6) is 0 Å². The van der Waals surface area contributed by atoms with Crippen LogP contribution in [0, 0.1) is 0 Å². The Labute approximate surface area is 112 Å². The van der Waals surface area contributed by atoms with E-state index in [0.29, 0.717) is 13.0 Å². The summed E-state index contributed by atoms with van der Waals surface area (Å²) >= 11 is 0. The quantitative estimate of drug-likeness (QED) is 0.513. The molecule has 0 aliphatic heterocycles. The number of hydrogen-bond acceptors (Lipinski definition) is 5. The lowest BCUT2D eigenvalue weighted by atomic mass is 10.2. The number of carbonyl (C=O) groups is 1. The molecular formula is C14H20O5. The molecule has 1 unspecified atom stereocenters. The topological polar surface area (TPSA) is 76.0 Å². The van der Waals surface area contributed by atoms with Crippen molar-refractivity contribution in [2.24, 2.45) is 0 Å².